The monoisotopic (exact) mass is 219 g/mol. The number of benzene rings is 1. The molecule has 1 aliphatic rings. The van der Waals surface area contributed by atoms with Crippen molar-refractivity contribution in [1.82, 2.24) is 4.90 Å². The summed E-state index contributed by atoms with van der Waals surface area (Å²) in [5, 5.41) is 0. The number of hydrogen-bond donors (Lipinski definition) is 0. The van der Waals surface area contributed by atoms with E-state index < -0.39 is 0 Å². The van der Waals surface area contributed by atoms with Crippen LogP contribution < -0.4 is 0 Å². The van der Waals surface area contributed by atoms with Gasteiger partial charge in [-0.05, 0) is 31.9 Å². The van der Waals surface area contributed by atoms with Crippen molar-refractivity contribution in [1.29, 1.82) is 0 Å². The number of hydrogen-bond acceptors (Lipinski definition) is 2. The molecule has 2 nitrogen and oxygen atoms in total. The summed E-state index contributed by atoms with van der Waals surface area (Å²) in [4.78, 5) is 2.51. The van der Waals surface area contributed by atoms with E-state index in [4.69, 9.17) is 4.74 Å². The van der Waals surface area contributed by atoms with Crippen LogP contribution in [0.2, 0.25) is 0 Å². The molecule has 0 radical (unpaired) electrons. The molecule has 0 amide bonds. The van der Waals surface area contributed by atoms with Crippen molar-refractivity contribution in [3.63, 3.8) is 0 Å². The van der Waals surface area contributed by atoms with Crippen LogP contribution in [-0.2, 0) is 11.2 Å². The Labute approximate surface area is 98.2 Å². The van der Waals surface area contributed by atoms with Gasteiger partial charge in [0.1, 0.15) is 0 Å². The van der Waals surface area contributed by atoms with Gasteiger partial charge in [-0.2, -0.15) is 0 Å². The molecule has 0 bridgehead atoms. The van der Waals surface area contributed by atoms with Gasteiger partial charge in [0.25, 0.3) is 0 Å². The van der Waals surface area contributed by atoms with Crippen LogP contribution in [0.15, 0.2) is 30.3 Å². The van der Waals surface area contributed by atoms with E-state index in [1.807, 2.05) is 0 Å². The third-order valence-electron chi connectivity index (χ3n) is 3.11. The summed E-state index contributed by atoms with van der Waals surface area (Å²) >= 11 is 0. The van der Waals surface area contributed by atoms with E-state index in [1.54, 1.807) is 0 Å². The molecule has 1 heterocycles. The summed E-state index contributed by atoms with van der Waals surface area (Å²) in [6.45, 7) is 6.44. The Hall–Kier alpha value is -0.860. The van der Waals surface area contributed by atoms with Crippen molar-refractivity contribution in [2.24, 2.45) is 0 Å². The van der Waals surface area contributed by atoms with E-state index in [9.17, 15) is 0 Å². The quantitative estimate of drug-likeness (QED) is 0.770. The van der Waals surface area contributed by atoms with E-state index in [2.05, 4.69) is 42.2 Å². The fraction of sp³-hybridized carbons (Fsp3) is 0.571. The van der Waals surface area contributed by atoms with Crippen LogP contribution in [0.4, 0.5) is 0 Å². The maximum Gasteiger partial charge on any atom is 0.0674 e. The van der Waals surface area contributed by atoms with Gasteiger partial charge in [-0.15, -0.1) is 0 Å². The average molecular weight is 219 g/mol. The lowest BCUT2D eigenvalue weighted by Gasteiger charge is -2.30. The highest BCUT2D eigenvalue weighted by Crippen LogP contribution is 2.07. The number of ether oxygens (including phenoxy) is 1. The van der Waals surface area contributed by atoms with Gasteiger partial charge in [0.05, 0.1) is 12.7 Å². The average Bonchev–Trinajstić information content (AvgIpc) is 2.30. The highest BCUT2D eigenvalue weighted by Gasteiger charge is 2.15. The van der Waals surface area contributed by atoms with Crippen molar-refractivity contribution in [2.45, 2.75) is 25.9 Å². The van der Waals surface area contributed by atoms with Gasteiger partial charge < -0.3 is 4.74 Å². The molecule has 1 atom stereocenters. The normalized spacial score (nSPS) is 22.2. The van der Waals surface area contributed by atoms with Crippen molar-refractivity contribution >= 4 is 0 Å². The summed E-state index contributed by atoms with van der Waals surface area (Å²) in [5.74, 6) is 0. The lowest BCUT2D eigenvalue weighted by atomic mass is 10.1. The van der Waals surface area contributed by atoms with Crippen LogP contribution in [0.3, 0.4) is 0 Å². The number of morpholine rings is 1. The van der Waals surface area contributed by atoms with Crippen LogP contribution >= 0.6 is 0 Å². The van der Waals surface area contributed by atoms with Crippen LogP contribution in [0.25, 0.3) is 0 Å². The van der Waals surface area contributed by atoms with E-state index in [1.165, 1.54) is 24.9 Å². The molecule has 1 aromatic rings. The van der Waals surface area contributed by atoms with Gasteiger partial charge in [0.15, 0.2) is 0 Å². The molecule has 1 fully saturated rings. The first-order valence-corrected chi connectivity index (χ1v) is 6.22. The standard InChI is InChI=1S/C14H21NO/c1-13-12-15(10-11-16-13)9-5-8-14-6-3-2-4-7-14/h2-4,6-7,13H,5,8-12H2,1H3. The van der Waals surface area contributed by atoms with Gasteiger partial charge in [-0.3, -0.25) is 4.90 Å². The molecule has 0 N–H and O–H groups in total. The summed E-state index contributed by atoms with van der Waals surface area (Å²) in [6, 6.07) is 10.7. The summed E-state index contributed by atoms with van der Waals surface area (Å²) in [7, 11) is 0. The van der Waals surface area contributed by atoms with Crippen LogP contribution in [-0.4, -0.2) is 37.2 Å². The number of nitrogens with zero attached hydrogens (tertiary/aromatic N) is 1. The molecule has 1 unspecified atom stereocenters. The third-order valence-corrected chi connectivity index (χ3v) is 3.11. The minimum absolute atomic E-state index is 0.408. The molecule has 0 aromatic heterocycles. The molecule has 88 valence electrons. The Kier molecular flexibility index (Phi) is 4.37. The van der Waals surface area contributed by atoms with Crippen molar-refractivity contribution in [3.8, 4) is 0 Å². The molecule has 2 rings (SSSR count). The fourth-order valence-electron chi connectivity index (χ4n) is 2.25. The van der Waals surface area contributed by atoms with Crippen LogP contribution in [0.5, 0.6) is 0 Å². The topological polar surface area (TPSA) is 12.5 Å². The minimum Gasteiger partial charge on any atom is -0.376 e. The van der Waals surface area contributed by atoms with E-state index in [0.717, 1.165) is 19.7 Å². The first kappa shape index (κ1) is 11.6. The Balaban J connectivity index is 1.68. The molecule has 0 spiro atoms. The predicted octanol–water partition coefficient (Wildman–Crippen LogP) is 2.34. The van der Waals surface area contributed by atoms with E-state index in [0.29, 0.717) is 6.10 Å². The zero-order chi connectivity index (χ0) is 11.2. The summed E-state index contributed by atoms with van der Waals surface area (Å²) in [6.07, 6.45) is 2.84. The van der Waals surface area contributed by atoms with Gasteiger partial charge in [0.2, 0.25) is 0 Å². The largest absolute Gasteiger partial charge is 0.376 e. The lowest BCUT2D eigenvalue weighted by Crippen LogP contribution is -2.41. The van der Waals surface area contributed by atoms with E-state index >= 15 is 0 Å². The zero-order valence-electron chi connectivity index (χ0n) is 10.1. The number of aryl methyl sites for hydroxylation is 1. The second-order valence-electron chi connectivity index (χ2n) is 4.57. The van der Waals surface area contributed by atoms with Crippen molar-refractivity contribution in [2.75, 3.05) is 26.2 Å². The van der Waals surface area contributed by atoms with Crippen LogP contribution in [0.1, 0.15) is 18.9 Å². The smallest absolute Gasteiger partial charge is 0.0674 e. The molecular weight excluding hydrogens is 198 g/mol. The van der Waals surface area contributed by atoms with Gasteiger partial charge in [-0.1, -0.05) is 30.3 Å². The minimum atomic E-state index is 0.408. The summed E-state index contributed by atoms with van der Waals surface area (Å²) in [5.41, 5.74) is 1.45. The first-order chi connectivity index (χ1) is 7.84. The van der Waals surface area contributed by atoms with Gasteiger partial charge >= 0.3 is 0 Å². The maximum absolute atomic E-state index is 5.53. The highest BCUT2D eigenvalue weighted by atomic mass is 16.5. The molecular formula is C14H21NO. The predicted molar refractivity (Wildman–Crippen MR) is 66.6 cm³/mol. The molecule has 1 aromatic carbocycles. The SMILES string of the molecule is CC1CN(CCCc2ccccc2)CCO1. The van der Waals surface area contributed by atoms with Gasteiger partial charge in [0, 0.05) is 13.1 Å². The first-order valence-electron chi connectivity index (χ1n) is 6.22. The molecule has 16 heavy (non-hydrogen) atoms. The Bertz CT molecular complexity index is 299. The molecule has 1 aliphatic heterocycles. The second kappa shape index (κ2) is 6.02. The molecule has 0 saturated carbocycles. The highest BCUT2D eigenvalue weighted by molar-refractivity contribution is 5.14. The van der Waals surface area contributed by atoms with Crippen molar-refractivity contribution in [3.05, 3.63) is 35.9 Å². The maximum atomic E-state index is 5.53. The Morgan fingerprint density at radius 2 is 2.12 bits per heavy atom. The fourth-order valence-corrected chi connectivity index (χ4v) is 2.25. The van der Waals surface area contributed by atoms with Crippen LogP contribution in [0, 0.1) is 0 Å². The van der Waals surface area contributed by atoms with E-state index in [-0.39, 0.29) is 0 Å². The molecule has 0 aliphatic carbocycles. The lowest BCUT2D eigenvalue weighted by molar-refractivity contribution is -0.0184. The zero-order valence-corrected chi connectivity index (χ0v) is 10.1. The van der Waals surface area contributed by atoms with Crippen molar-refractivity contribution < 1.29 is 4.74 Å². The summed E-state index contributed by atoms with van der Waals surface area (Å²) < 4.78 is 5.53. The third kappa shape index (κ3) is 3.62. The molecule has 1 saturated heterocycles. The second-order valence-corrected chi connectivity index (χ2v) is 4.57. The Morgan fingerprint density at radius 3 is 2.88 bits per heavy atom. The number of rotatable bonds is 4. The van der Waals surface area contributed by atoms with Gasteiger partial charge in [-0.25, -0.2) is 0 Å². The Morgan fingerprint density at radius 1 is 1.31 bits per heavy atom. The molecule has 2 heteroatoms.